The van der Waals surface area contributed by atoms with Crippen LogP contribution in [-0.2, 0) is 4.79 Å². The Balaban J connectivity index is 3.70. The highest BCUT2D eigenvalue weighted by Crippen LogP contribution is 1.95. The smallest absolute Gasteiger partial charge is 0.146 e. The van der Waals surface area contributed by atoms with Crippen LogP contribution < -0.4 is 0 Å². The molecule has 0 heterocycles. The van der Waals surface area contributed by atoms with Gasteiger partial charge in [0.05, 0.1) is 12.6 Å². The summed E-state index contributed by atoms with van der Waals surface area (Å²) in [5.41, 5.74) is 0. The van der Waals surface area contributed by atoms with Crippen LogP contribution in [0.2, 0.25) is 0 Å². The zero-order valence-electron chi connectivity index (χ0n) is 8.55. The molecule has 0 spiro atoms. The average Bonchev–Trinajstić information content (AvgIpc) is 2.12. The Hall–Kier alpha value is -0.880. The van der Waals surface area contributed by atoms with Crippen molar-refractivity contribution in [3.8, 4) is 6.07 Å². The fourth-order valence-corrected chi connectivity index (χ4v) is 1.16. The summed E-state index contributed by atoms with van der Waals surface area (Å²) in [6, 6.07) is 2.08. The number of ketones is 1. The van der Waals surface area contributed by atoms with Gasteiger partial charge in [0.15, 0.2) is 0 Å². The van der Waals surface area contributed by atoms with Gasteiger partial charge in [-0.05, 0) is 13.0 Å². The van der Waals surface area contributed by atoms with Gasteiger partial charge in [-0.2, -0.15) is 5.26 Å². The van der Waals surface area contributed by atoms with Crippen molar-refractivity contribution in [2.24, 2.45) is 0 Å². The van der Waals surface area contributed by atoms with E-state index in [2.05, 4.69) is 6.07 Å². The van der Waals surface area contributed by atoms with Gasteiger partial charge < -0.3 is 0 Å². The molecule has 74 valence electrons. The summed E-state index contributed by atoms with van der Waals surface area (Å²) < 4.78 is 0. The molecule has 0 aliphatic heterocycles. The first-order chi connectivity index (χ1) is 6.24. The van der Waals surface area contributed by atoms with Gasteiger partial charge in [0, 0.05) is 19.4 Å². The lowest BCUT2D eigenvalue weighted by Gasteiger charge is -2.17. The average molecular weight is 182 g/mol. The van der Waals surface area contributed by atoms with Gasteiger partial charge in [-0.25, -0.2) is 0 Å². The van der Waals surface area contributed by atoms with Gasteiger partial charge in [0.1, 0.15) is 5.78 Å². The van der Waals surface area contributed by atoms with Gasteiger partial charge in [-0.15, -0.1) is 0 Å². The molecule has 0 rings (SSSR count). The van der Waals surface area contributed by atoms with Crippen molar-refractivity contribution >= 4 is 5.78 Å². The van der Waals surface area contributed by atoms with Gasteiger partial charge in [0.2, 0.25) is 0 Å². The molecule has 0 aromatic rings. The van der Waals surface area contributed by atoms with Crippen molar-refractivity contribution in [3.63, 3.8) is 0 Å². The molecule has 0 radical (unpaired) electrons. The fourth-order valence-electron chi connectivity index (χ4n) is 1.16. The topological polar surface area (TPSA) is 44.1 Å². The molecule has 13 heavy (non-hydrogen) atoms. The maximum Gasteiger partial charge on any atom is 0.146 e. The van der Waals surface area contributed by atoms with Crippen LogP contribution >= 0.6 is 0 Å². The van der Waals surface area contributed by atoms with E-state index in [0.717, 1.165) is 13.0 Å². The van der Waals surface area contributed by atoms with Crippen LogP contribution in [0, 0.1) is 11.3 Å². The van der Waals surface area contributed by atoms with E-state index in [9.17, 15) is 4.79 Å². The highest BCUT2D eigenvalue weighted by Gasteiger charge is 2.07. The number of Topliss-reactive ketones (excluding diaryl/α,β-unsaturated/α-hetero) is 1. The molecule has 0 unspecified atom stereocenters. The third kappa shape index (κ3) is 6.30. The summed E-state index contributed by atoms with van der Waals surface area (Å²) in [6.45, 7) is 6.08. The summed E-state index contributed by atoms with van der Waals surface area (Å²) in [5.74, 6) is 0.280. The Kier molecular flexibility index (Phi) is 7.23. The van der Waals surface area contributed by atoms with Crippen LogP contribution in [0.5, 0.6) is 0 Å². The number of likely N-dealkylation sites (N-methyl/N-ethyl adjacent to an activating group) is 1. The molecule has 0 aliphatic carbocycles. The molecule has 3 heteroatoms. The summed E-state index contributed by atoms with van der Waals surface area (Å²) in [7, 11) is 0. The van der Waals surface area contributed by atoms with E-state index in [1.54, 1.807) is 0 Å². The second kappa shape index (κ2) is 7.75. The second-order valence-corrected chi connectivity index (χ2v) is 3.07. The van der Waals surface area contributed by atoms with Crippen LogP contribution in [0.15, 0.2) is 0 Å². The molecule has 0 fully saturated rings. The largest absolute Gasteiger partial charge is 0.298 e. The predicted octanol–water partition coefficient (Wildman–Crippen LogP) is 1.59. The zero-order valence-corrected chi connectivity index (χ0v) is 8.55. The van der Waals surface area contributed by atoms with Crippen LogP contribution in [0.4, 0.5) is 0 Å². The van der Waals surface area contributed by atoms with Crippen molar-refractivity contribution in [2.45, 2.75) is 33.1 Å². The van der Waals surface area contributed by atoms with Crippen LogP contribution in [0.3, 0.4) is 0 Å². The highest BCUT2D eigenvalue weighted by molar-refractivity contribution is 5.80. The monoisotopic (exact) mass is 182 g/mol. The van der Waals surface area contributed by atoms with E-state index >= 15 is 0 Å². The number of rotatable bonds is 7. The summed E-state index contributed by atoms with van der Waals surface area (Å²) >= 11 is 0. The molecule has 0 aromatic heterocycles. The molecule has 0 saturated heterocycles. The molecule has 0 atom stereocenters. The maximum absolute atomic E-state index is 11.3. The van der Waals surface area contributed by atoms with E-state index in [1.165, 1.54) is 0 Å². The molecule has 0 aliphatic rings. The zero-order chi connectivity index (χ0) is 10.1. The van der Waals surface area contributed by atoms with Crippen molar-refractivity contribution < 1.29 is 4.79 Å². The number of carbonyl (C=O) groups excluding carboxylic acids is 1. The standard InChI is InChI=1S/C10H18N2O/c1-3-6-10(13)9-12(4-2)8-5-7-11/h3-6,8-9H2,1-2H3. The lowest BCUT2D eigenvalue weighted by atomic mass is 10.2. The quantitative estimate of drug-likeness (QED) is 0.600. The Bertz CT molecular complexity index is 184. The van der Waals surface area contributed by atoms with E-state index in [4.69, 9.17) is 5.26 Å². The predicted molar refractivity (Wildman–Crippen MR) is 52.3 cm³/mol. The van der Waals surface area contributed by atoms with E-state index in [1.807, 2.05) is 18.7 Å². The first-order valence-electron chi connectivity index (χ1n) is 4.85. The van der Waals surface area contributed by atoms with Crippen molar-refractivity contribution in [1.82, 2.24) is 4.90 Å². The van der Waals surface area contributed by atoms with Crippen molar-refractivity contribution in [3.05, 3.63) is 0 Å². The van der Waals surface area contributed by atoms with Gasteiger partial charge in [-0.1, -0.05) is 13.8 Å². The molecule has 3 nitrogen and oxygen atoms in total. The first kappa shape index (κ1) is 12.1. The maximum atomic E-state index is 11.3. The molecule has 0 N–H and O–H groups in total. The molecule has 0 amide bonds. The number of nitriles is 1. The molecular weight excluding hydrogens is 164 g/mol. The van der Waals surface area contributed by atoms with E-state index in [0.29, 0.717) is 25.9 Å². The Morgan fingerprint density at radius 3 is 2.62 bits per heavy atom. The molecule has 0 aromatic carbocycles. The van der Waals surface area contributed by atoms with Crippen LogP contribution in [-0.4, -0.2) is 30.3 Å². The summed E-state index contributed by atoms with van der Waals surface area (Å²) in [4.78, 5) is 13.3. The summed E-state index contributed by atoms with van der Waals surface area (Å²) in [5, 5.41) is 8.39. The Morgan fingerprint density at radius 2 is 2.15 bits per heavy atom. The second-order valence-electron chi connectivity index (χ2n) is 3.07. The third-order valence-electron chi connectivity index (χ3n) is 1.92. The van der Waals surface area contributed by atoms with Gasteiger partial charge in [-0.3, -0.25) is 9.69 Å². The minimum Gasteiger partial charge on any atom is -0.298 e. The third-order valence-corrected chi connectivity index (χ3v) is 1.92. The lowest BCUT2D eigenvalue weighted by molar-refractivity contribution is -0.120. The Morgan fingerprint density at radius 1 is 1.46 bits per heavy atom. The van der Waals surface area contributed by atoms with Crippen molar-refractivity contribution in [1.29, 1.82) is 5.26 Å². The van der Waals surface area contributed by atoms with Crippen molar-refractivity contribution in [2.75, 3.05) is 19.6 Å². The molecular formula is C10H18N2O. The number of hydrogen-bond acceptors (Lipinski definition) is 3. The number of carbonyl (C=O) groups is 1. The lowest BCUT2D eigenvalue weighted by Crippen LogP contribution is -2.30. The normalized spacial score (nSPS) is 10.0. The minimum atomic E-state index is 0.280. The number of nitrogens with zero attached hydrogens (tertiary/aromatic N) is 2. The molecule has 0 saturated carbocycles. The molecule has 0 bridgehead atoms. The summed E-state index contributed by atoms with van der Waals surface area (Å²) in [6.07, 6.45) is 2.07. The van der Waals surface area contributed by atoms with E-state index < -0.39 is 0 Å². The number of hydrogen-bond donors (Lipinski definition) is 0. The first-order valence-corrected chi connectivity index (χ1v) is 4.85. The van der Waals surface area contributed by atoms with E-state index in [-0.39, 0.29) is 5.78 Å². The van der Waals surface area contributed by atoms with Crippen LogP contribution in [0.25, 0.3) is 0 Å². The fraction of sp³-hybridized carbons (Fsp3) is 0.800. The minimum absolute atomic E-state index is 0.280. The Labute approximate surface area is 80.3 Å². The van der Waals surface area contributed by atoms with Gasteiger partial charge >= 0.3 is 0 Å². The SMILES string of the molecule is CCCC(=O)CN(CC)CCC#N. The highest BCUT2D eigenvalue weighted by atomic mass is 16.1. The van der Waals surface area contributed by atoms with Crippen LogP contribution in [0.1, 0.15) is 33.1 Å². The van der Waals surface area contributed by atoms with Gasteiger partial charge in [0.25, 0.3) is 0 Å².